The zero-order valence-corrected chi connectivity index (χ0v) is 19.5. The number of hydrogen-bond acceptors (Lipinski definition) is 9. The van der Waals surface area contributed by atoms with Crippen molar-refractivity contribution in [1.29, 1.82) is 0 Å². The highest BCUT2D eigenvalue weighted by Crippen LogP contribution is 2.30. The lowest BCUT2D eigenvalue weighted by molar-refractivity contribution is 0.122. The smallest absolute Gasteiger partial charge is 0.225 e. The highest BCUT2D eigenvalue weighted by Gasteiger charge is 2.19. The minimum absolute atomic E-state index is 0.291. The Morgan fingerprint density at radius 2 is 1.63 bits per heavy atom. The normalized spacial score (nSPS) is 17.2. The van der Waals surface area contributed by atoms with Gasteiger partial charge < -0.3 is 30.6 Å². The van der Waals surface area contributed by atoms with E-state index in [4.69, 9.17) is 10.5 Å². The summed E-state index contributed by atoms with van der Waals surface area (Å²) >= 11 is 0. The number of morpholine rings is 1. The number of nitrogens with zero attached hydrogens (tertiary/aromatic N) is 6. The Labute approximate surface area is 203 Å². The van der Waals surface area contributed by atoms with Crippen molar-refractivity contribution in [3.8, 4) is 11.3 Å². The van der Waals surface area contributed by atoms with E-state index in [0.29, 0.717) is 6.04 Å². The summed E-state index contributed by atoms with van der Waals surface area (Å²) in [5.41, 5.74) is 10.8. The van der Waals surface area contributed by atoms with E-state index in [0.717, 1.165) is 97.7 Å². The fourth-order valence-corrected chi connectivity index (χ4v) is 4.66. The van der Waals surface area contributed by atoms with Gasteiger partial charge in [0.25, 0.3) is 0 Å². The molecule has 5 heterocycles. The molecule has 0 radical (unpaired) electrons. The number of nitrogens with one attached hydrogen (secondary N) is 2. The van der Waals surface area contributed by atoms with Crippen molar-refractivity contribution in [1.82, 2.24) is 24.9 Å². The fourth-order valence-electron chi connectivity index (χ4n) is 4.66. The van der Waals surface area contributed by atoms with Crippen LogP contribution < -0.4 is 20.9 Å². The van der Waals surface area contributed by atoms with E-state index in [2.05, 4.69) is 70.4 Å². The first kappa shape index (κ1) is 21.8. The molecule has 0 saturated carbocycles. The van der Waals surface area contributed by atoms with E-state index in [1.807, 2.05) is 12.4 Å². The molecule has 35 heavy (non-hydrogen) atoms. The highest BCUT2D eigenvalue weighted by molar-refractivity contribution is 5.92. The van der Waals surface area contributed by atoms with Crippen LogP contribution in [-0.4, -0.2) is 70.4 Å². The fraction of sp³-hybridized carbons (Fsp3) is 0.360. The van der Waals surface area contributed by atoms with Crippen LogP contribution in [0.2, 0.25) is 0 Å². The minimum atomic E-state index is 0.291. The first-order valence-electron chi connectivity index (χ1n) is 12.1. The molecule has 2 saturated heterocycles. The van der Waals surface area contributed by atoms with Crippen LogP contribution in [0.25, 0.3) is 22.3 Å². The number of nitrogens with two attached hydrogens (primary N) is 1. The molecule has 2 aliphatic heterocycles. The number of hydrogen-bond donors (Lipinski definition) is 3. The monoisotopic (exact) mass is 471 g/mol. The Morgan fingerprint density at radius 1 is 0.886 bits per heavy atom. The van der Waals surface area contributed by atoms with Gasteiger partial charge in [-0.2, -0.15) is 0 Å². The largest absolute Gasteiger partial charge is 0.378 e. The van der Waals surface area contributed by atoms with Crippen molar-refractivity contribution in [2.24, 2.45) is 5.73 Å². The second-order valence-corrected chi connectivity index (χ2v) is 9.04. The molecular formula is C25H29N9O. The third kappa shape index (κ3) is 4.62. The molecule has 10 heteroatoms. The summed E-state index contributed by atoms with van der Waals surface area (Å²) in [5, 5.41) is 4.41. The summed E-state index contributed by atoms with van der Waals surface area (Å²) in [5.74, 6) is 1.71. The Balaban J connectivity index is 1.16. The molecule has 0 spiro atoms. The quantitative estimate of drug-likeness (QED) is 0.403. The van der Waals surface area contributed by atoms with Crippen molar-refractivity contribution in [3.05, 3.63) is 49.1 Å². The molecule has 0 bridgehead atoms. The van der Waals surface area contributed by atoms with E-state index in [1.54, 1.807) is 6.33 Å². The predicted octanol–water partition coefficient (Wildman–Crippen LogP) is 2.92. The Morgan fingerprint density at radius 3 is 2.37 bits per heavy atom. The molecule has 3 aromatic heterocycles. The standard InChI is InChI=1S/C25H29N9O/c26-18-5-7-34(8-6-18)25-27-14-20(15-28-25)31-19-3-1-17(2-4-19)22-13-21-23(32-22)29-16-30-24(21)33-9-11-35-12-10-33/h1-4,13-16,18,31H,5-12,26H2,(H,29,30,32). The van der Waals surface area contributed by atoms with Crippen LogP contribution >= 0.6 is 0 Å². The van der Waals surface area contributed by atoms with Crippen molar-refractivity contribution in [3.63, 3.8) is 0 Å². The molecule has 0 amide bonds. The van der Waals surface area contributed by atoms with Gasteiger partial charge in [-0.25, -0.2) is 19.9 Å². The highest BCUT2D eigenvalue weighted by atomic mass is 16.5. The third-order valence-corrected chi connectivity index (χ3v) is 6.66. The lowest BCUT2D eigenvalue weighted by Crippen LogP contribution is -2.40. The topological polar surface area (TPSA) is 121 Å². The zero-order valence-electron chi connectivity index (χ0n) is 19.5. The van der Waals surface area contributed by atoms with Crippen LogP contribution in [0, 0.1) is 0 Å². The van der Waals surface area contributed by atoms with Crippen LogP contribution in [0.15, 0.2) is 49.1 Å². The van der Waals surface area contributed by atoms with Gasteiger partial charge in [-0.05, 0) is 36.6 Å². The number of aromatic nitrogens is 5. The molecule has 4 aromatic rings. The second kappa shape index (κ2) is 9.47. The van der Waals surface area contributed by atoms with Gasteiger partial charge in [-0.15, -0.1) is 0 Å². The van der Waals surface area contributed by atoms with Crippen molar-refractivity contribution >= 4 is 34.2 Å². The first-order chi connectivity index (χ1) is 17.2. The summed E-state index contributed by atoms with van der Waals surface area (Å²) < 4.78 is 5.49. The van der Waals surface area contributed by atoms with Gasteiger partial charge in [0.1, 0.15) is 17.8 Å². The Hall–Kier alpha value is -3.76. The van der Waals surface area contributed by atoms with Crippen LogP contribution in [0.5, 0.6) is 0 Å². The summed E-state index contributed by atoms with van der Waals surface area (Å²) in [6.07, 6.45) is 7.23. The summed E-state index contributed by atoms with van der Waals surface area (Å²) in [7, 11) is 0. The van der Waals surface area contributed by atoms with Gasteiger partial charge in [0, 0.05) is 43.6 Å². The molecule has 10 nitrogen and oxygen atoms in total. The third-order valence-electron chi connectivity index (χ3n) is 6.66. The van der Waals surface area contributed by atoms with E-state index in [9.17, 15) is 0 Å². The minimum Gasteiger partial charge on any atom is -0.378 e. The predicted molar refractivity (Wildman–Crippen MR) is 137 cm³/mol. The summed E-state index contributed by atoms with van der Waals surface area (Å²) in [6, 6.07) is 10.7. The van der Waals surface area contributed by atoms with Gasteiger partial charge in [0.15, 0.2) is 0 Å². The average Bonchev–Trinajstić information content (AvgIpc) is 3.35. The number of H-pyrrole nitrogens is 1. The maximum absolute atomic E-state index is 6.00. The maximum atomic E-state index is 6.00. The van der Waals surface area contributed by atoms with Gasteiger partial charge in [-0.1, -0.05) is 12.1 Å². The molecule has 180 valence electrons. The molecule has 1 aromatic carbocycles. The van der Waals surface area contributed by atoms with Crippen LogP contribution in [-0.2, 0) is 4.74 Å². The molecule has 6 rings (SSSR count). The SMILES string of the molecule is NC1CCN(c2ncc(Nc3ccc(-c4cc5c(N6CCOCC6)ncnc5[nH]4)cc3)cn2)CC1. The number of benzene rings is 1. The van der Waals surface area contributed by atoms with Crippen molar-refractivity contribution in [2.75, 3.05) is 54.5 Å². The number of fused-ring (bicyclic) bond motifs is 1. The maximum Gasteiger partial charge on any atom is 0.225 e. The van der Waals surface area contributed by atoms with E-state index in [-0.39, 0.29) is 0 Å². The Bertz CT molecular complexity index is 1270. The average molecular weight is 472 g/mol. The van der Waals surface area contributed by atoms with E-state index < -0.39 is 0 Å². The number of aromatic amines is 1. The van der Waals surface area contributed by atoms with E-state index in [1.165, 1.54) is 0 Å². The van der Waals surface area contributed by atoms with Crippen molar-refractivity contribution < 1.29 is 4.74 Å². The van der Waals surface area contributed by atoms with Gasteiger partial charge >= 0.3 is 0 Å². The number of anilines is 4. The van der Waals surface area contributed by atoms with Crippen LogP contribution in [0.1, 0.15) is 12.8 Å². The van der Waals surface area contributed by atoms with Gasteiger partial charge in [-0.3, -0.25) is 0 Å². The lowest BCUT2D eigenvalue weighted by Gasteiger charge is -2.30. The molecule has 2 aliphatic rings. The Kier molecular flexibility index (Phi) is 5.89. The summed E-state index contributed by atoms with van der Waals surface area (Å²) in [6.45, 7) is 4.93. The van der Waals surface area contributed by atoms with Crippen LogP contribution in [0.3, 0.4) is 0 Å². The summed E-state index contributed by atoms with van der Waals surface area (Å²) in [4.78, 5) is 26.0. The van der Waals surface area contributed by atoms with Gasteiger partial charge in [0.05, 0.1) is 36.7 Å². The second-order valence-electron chi connectivity index (χ2n) is 9.04. The zero-order chi connectivity index (χ0) is 23.6. The lowest BCUT2D eigenvalue weighted by atomic mass is 10.1. The number of piperidine rings is 1. The van der Waals surface area contributed by atoms with E-state index >= 15 is 0 Å². The molecule has 0 atom stereocenters. The molecular weight excluding hydrogens is 442 g/mol. The van der Waals surface area contributed by atoms with Gasteiger partial charge in [0.2, 0.25) is 5.95 Å². The number of rotatable bonds is 5. The molecule has 4 N–H and O–H groups in total. The van der Waals surface area contributed by atoms with Crippen molar-refractivity contribution in [2.45, 2.75) is 18.9 Å². The first-order valence-corrected chi connectivity index (χ1v) is 12.1. The molecule has 0 aliphatic carbocycles. The molecule has 0 unspecified atom stereocenters. The number of ether oxygens (including phenoxy) is 1. The molecule has 2 fully saturated rings. The van der Waals surface area contributed by atoms with Crippen LogP contribution in [0.4, 0.5) is 23.1 Å².